The maximum atomic E-state index is 15.4. The number of likely N-dealkylation sites (tertiary alicyclic amines) is 1. The molecule has 1 N–H and O–H groups in total. The normalized spacial score (nSPS) is 17.3. The Balaban J connectivity index is 1.11. The van der Waals surface area contributed by atoms with Crippen LogP contribution >= 0.6 is 0 Å². The van der Waals surface area contributed by atoms with E-state index in [1.165, 1.54) is 60.2 Å². The lowest BCUT2D eigenvalue weighted by Crippen LogP contribution is -2.38. The number of carbonyl (C=O) groups excluding carboxylic acids is 2. The van der Waals surface area contributed by atoms with Crippen molar-refractivity contribution in [1.29, 1.82) is 0 Å². The van der Waals surface area contributed by atoms with Crippen molar-refractivity contribution in [3.8, 4) is 23.0 Å². The molecular weight excluding hydrogens is 682 g/mol. The molecule has 10 nitrogen and oxygen atoms in total. The van der Waals surface area contributed by atoms with Crippen molar-refractivity contribution >= 4 is 34.6 Å². The Hall–Kier alpha value is -5.49. The summed E-state index contributed by atoms with van der Waals surface area (Å²) < 4.78 is 52.3. The van der Waals surface area contributed by atoms with Gasteiger partial charge in [-0.1, -0.05) is 13.8 Å². The van der Waals surface area contributed by atoms with Gasteiger partial charge in [0.15, 0.2) is 23.1 Å². The third-order valence-corrected chi connectivity index (χ3v) is 9.61. The number of methoxy groups -OCH3 is 1. The molecule has 12 heteroatoms. The molecule has 3 aromatic carbocycles. The number of aromatic nitrogens is 1. The Morgan fingerprint density at radius 1 is 1.02 bits per heavy atom. The second kappa shape index (κ2) is 16.5. The van der Waals surface area contributed by atoms with Gasteiger partial charge >= 0.3 is 0 Å². The van der Waals surface area contributed by atoms with Crippen LogP contribution in [-0.2, 0) is 14.3 Å². The van der Waals surface area contributed by atoms with E-state index in [1.54, 1.807) is 44.6 Å². The largest absolute Gasteiger partial charge is 0.493 e. The Bertz CT molecular complexity index is 2020. The van der Waals surface area contributed by atoms with Gasteiger partial charge < -0.3 is 29.2 Å². The molecule has 3 heterocycles. The highest BCUT2D eigenvalue weighted by atomic mass is 19.1. The lowest BCUT2D eigenvalue weighted by molar-refractivity contribution is -0.113. The molecule has 0 bridgehead atoms. The van der Waals surface area contributed by atoms with E-state index in [0.29, 0.717) is 76.6 Å². The molecular formula is C41H44F2N4O6. The maximum Gasteiger partial charge on any atom is 0.255 e. The number of benzene rings is 3. The van der Waals surface area contributed by atoms with E-state index in [9.17, 15) is 14.0 Å². The summed E-state index contributed by atoms with van der Waals surface area (Å²) in [5.41, 5.74) is 2.53. The van der Waals surface area contributed by atoms with Crippen LogP contribution in [0.1, 0.15) is 46.5 Å². The number of carbonyl (C=O) groups is 2. The second-order valence-electron chi connectivity index (χ2n) is 13.9. The van der Waals surface area contributed by atoms with Crippen molar-refractivity contribution in [2.45, 2.75) is 46.5 Å². The zero-order valence-corrected chi connectivity index (χ0v) is 30.4. The van der Waals surface area contributed by atoms with Crippen LogP contribution in [0.15, 0.2) is 90.0 Å². The number of piperidine rings is 1. The number of amides is 2. The zero-order chi connectivity index (χ0) is 37.5. The number of anilines is 2. The van der Waals surface area contributed by atoms with Crippen molar-refractivity contribution in [2.75, 3.05) is 50.2 Å². The molecule has 53 heavy (non-hydrogen) atoms. The van der Waals surface area contributed by atoms with Crippen LogP contribution in [0.4, 0.5) is 20.2 Å². The van der Waals surface area contributed by atoms with E-state index in [-0.39, 0.29) is 17.0 Å². The van der Waals surface area contributed by atoms with Crippen molar-refractivity contribution in [3.63, 3.8) is 0 Å². The first-order chi connectivity index (χ1) is 25.5. The molecule has 2 amide bonds. The van der Waals surface area contributed by atoms with Crippen LogP contribution in [0.5, 0.6) is 23.0 Å². The molecule has 0 atom stereocenters. The summed E-state index contributed by atoms with van der Waals surface area (Å²) in [4.78, 5) is 33.3. The number of allylic oxidation sites excluding steroid dienone is 1. The minimum atomic E-state index is -0.694. The van der Waals surface area contributed by atoms with Gasteiger partial charge in [0.25, 0.3) is 5.91 Å². The van der Waals surface area contributed by atoms with E-state index in [1.807, 2.05) is 0 Å². The molecule has 2 aliphatic rings. The fraction of sp³-hybridized carbons (Fsp3) is 0.341. The summed E-state index contributed by atoms with van der Waals surface area (Å²) in [7, 11) is 1.56. The summed E-state index contributed by atoms with van der Waals surface area (Å²) in [5.74, 6) is 0.0769. The monoisotopic (exact) mass is 726 g/mol. The summed E-state index contributed by atoms with van der Waals surface area (Å²) >= 11 is 0. The van der Waals surface area contributed by atoms with Gasteiger partial charge in [0, 0.05) is 59.8 Å². The number of rotatable bonds is 13. The van der Waals surface area contributed by atoms with Gasteiger partial charge in [0.2, 0.25) is 6.41 Å². The minimum Gasteiger partial charge on any atom is -0.493 e. The predicted molar refractivity (Wildman–Crippen MR) is 199 cm³/mol. The highest BCUT2D eigenvalue weighted by Crippen LogP contribution is 2.38. The summed E-state index contributed by atoms with van der Waals surface area (Å²) in [6.07, 6.45) is 7.46. The third kappa shape index (κ3) is 9.12. The fourth-order valence-corrected chi connectivity index (χ4v) is 6.34. The lowest BCUT2D eigenvalue weighted by Gasteiger charge is -2.36. The van der Waals surface area contributed by atoms with E-state index < -0.39 is 17.5 Å². The molecule has 0 radical (unpaired) electrons. The van der Waals surface area contributed by atoms with E-state index in [4.69, 9.17) is 18.9 Å². The fourth-order valence-electron chi connectivity index (χ4n) is 6.34. The van der Waals surface area contributed by atoms with Crippen LogP contribution in [0.3, 0.4) is 0 Å². The van der Waals surface area contributed by atoms with Crippen molar-refractivity contribution in [2.24, 2.45) is 5.41 Å². The average Bonchev–Trinajstić information content (AvgIpc) is 3.62. The predicted octanol–water partition coefficient (Wildman–Crippen LogP) is 8.38. The minimum absolute atomic E-state index is 0.0509. The number of nitrogens with zero attached hydrogens (tertiary/aromatic N) is 3. The maximum absolute atomic E-state index is 15.4. The molecule has 278 valence electrons. The van der Waals surface area contributed by atoms with Crippen LogP contribution in [0.25, 0.3) is 10.9 Å². The van der Waals surface area contributed by atoms with Crippen LogP contribution in [0.2, 0.25) is 0 Å². The van der Waals surface area contributed by atoms with Gasteiger partial charge in [-0.15, -0.1) is 0 Å². The smallest absolute Gasteiger partial charge is 0.255 e. The SMILES string of the molecule is COc1cc2c(Oc3ccc(NC(=O)/C(C)=C4\OCC\C4=C\N(C=O)c4ccc(F)cc4)cc3F)ccnc2cc1OCCCN1CCC(C)(C)CC1. The van der Waals surface area contributed by atoms with Gasteiger partial charge in [0.05, 0.1) is 31.4 Å². The third-order valence-electron chi connectivity index (χ3n) is 9.61. The first kappa shape index (κ1) is 37.3. The number of ether oxygens (including phenoxy) is 4. The topological polar surface area (TPSA) is 102 Å². The highest BCUT2D eigenvalue weighted by molar-refractivity contribution is 6.04. The molecule has 6 rings (SSSR count). The van der Waals surface area contributed by atoms with Gasteiger partial charge in [0.1, 0.15) is 17.3 Å². The van der Waals surface area contributed by atoms with Crippen LogP contribution in [-0.4, -0.2) is 62.2 Å². The Morgan fingerprint density at radius 2 is 1.79 bits per heavy atom. The molecule has 2 fully saturated rings. The average molecular weight is 727 g/mol. The van der Waals surface area contributed by atoms with Crippen LogP contribution in [0, 0.1) is 17.0 Å². The van der Waals surface area contributed by atoms with Gasteiger partial charge in [-0.2, -0.15) is 0 Å². The number of pyridine rings is 1. The molecule has 1 aromatic heterocycles. The standard InChI is InChI=1S/C41H44F2N4O6/c1-27(39-28(13-21-52-39)25-47(26-48)31-9-6-29(42)7-10-31)40(49)45-30-8-11-36(33(43)22-30)53-35-12-16-44-34-24-38(37(50-4)23-32(34)35)51-20-5-17-46-18-14-41(2,3)15-19-46/h6-12,16,22-26H,5,13-15,17-21H2,1-4H3,(H,45,49)/b28-25-,39-27-. The van der Waals surface area contributed by atoms with Gasteiger partial charge in [-0.05, 0) is 93.2 Å². The molecule has 0 spiro atoms. The molecule has 2 saturated heterocycles. The van der Waals surface area contributed by atoms with Crippen LogP contribution < -0.4 is 24.4 Å². The second-order valence-corrected chi connectivity index (χ2v) is 13.9. The molecule has 0 aliphatic carbocycles. The summed E-state index contributed by atoms with van der Waals surface area (Å²) in [6, 6.07) is 14.8. The Morgan fingerprint density at radius 3 is 2.51 bits per heavy atom. The molecule has 4 aromatic rings. The number of fused-ring (bicyclic) bond motifs is 1. The summed E-state index contributed by atoms with van der Waals surface area (Å²) in [5, 5.41) is 3.31. The first-order valence-corrected chi connectivity index (χ1v) is 17.7. The molecule has 0 saturated carbocycles. The van der Waals surface area contributed by atoms with Crippen molar-refractivity contribution < 1.29 is 37.3 Å². The first-order valence-electron chi connectivity index (χ1n) is 17.7. The van der Waals surface area contributed by atoms with E-state index in [2.05, 4.69) is 29.0 Å². The van der Waals surface area contributed by atoms with Gasteiger partial charge in [-0.25, -0.2) is 8.78 Å². The summed E-state index contributed by atoms with van der Waals surface area (Å²) in [6.45, 7) is 10.3. The van der Waals surface area contributed by atoms with E-state index in [0.717, 1.165) is 26.1 Å². The lowest BCUT2D eigenvalue weighted by atomic mass is 9.83. The zero-order valence-electron chi connectivity index (χ0n) is 30.4. The number of nitrogens with one attached hydrogen (secondary N) is 1. The van der Waals surface area contributed by atoms with Crippen molar-refractivity contribution in [1.82, 2.24) is 9.88 Å². The number of hydrogen-bond acceptors (Lipinski definition) is 8. The van der Waals surface area contributed by atoms with Crippen molar-refractivity contribution in [3.05, 3.63) is 102 Å². The van der Waals surface area contributed by atoms with Gasteiger partial charge in [-0.3, -0.25) is 19.5 Å². The Labute approximate surface area is 308 Å². The number of halogens is 2. The number of hydrogen-bond donors (Lipinski definition) is 1. The quantitative estimate of drug-likeness (QED) is 0.0833. The molecule has 0 unspecified atom stereocenters. The van der Waals surface area contributed by atoms with E-state index >= 15 is 4.39 Å². The molecule has 2 aliphatic heterocycles. The highest BCUT2D eigenvalue weighted by Gasteiger charge is 2.25. The Kier molecular flexibility index (Phi) is 11.6.